The molecule has 2 aromatic rings. The average Bonchev–Trinajstić information content (AvgIpc) is 2.53. The fourth-order valence-corrected chi connectivity index (χ4v) is 3.23. The Morgan fingerprint density at radius 3 is 2.45 bits per heavy atom. The lowest BCUT2D eigenvalue weighted by molar-refractivity contribution is -0.117. The summed E-state index contributed by atoms with van der Waals surface area (Å²) in [5, 5.41) is 2.74. The zero-order valence-corrected chi connectivity index (χ0v) is 14.3. The summed E-state index contributed by atoms with van der Waals surface area (Å²) in [6, 6.07) is 15.7. The standard InChI is InChI=1S/C16H17BrN2O2S/c17-12-6-8-14(9-7-12)22(21)11-10-15(18)16(20)19-13-4-2-1-3-5-13/h1-9,15H,10-11,18H2,(H,19,20). The van der Waals surface area contributed by atoms with E-state index in [0.29, 0.717) is 17.9 Å². The molecule has 0 radical (unpaired) electrons. The molecule has 22 heavy (non-hydrogen) atoms. The van der Waals surface area contributed by atoms with Gasteiger partial charge in [-0.3, -0.25) is 4.79 Å². The monoisotopic (exact) mass is 380 g/mol. The first-order chi connectivity index (χ1) is 10.6. The van der Waals surface area contributed by atoms with Gasteiger partial charge in [-0.1, -0.05) is 34.1 Å². The average molecular weight is 381 g/mol. The zero-order valence-electron chi connectivity index (χ0n) is 11.9. The highest BCUT2D eigenvalue weighted by Gasteiger charge is 2.18. The molecule has 0 spiro atoms. The van der Waals surface area contributed by atoms with Crippen molar-refractivity contribution in [2.24, 2.45) is 5.73 Å². The van der Waals surface area contributed by atoms with Crippen LogP contribution in [0.5, 0.6) is 0 Å². The number of benzene rings is 2. The molecule has 1 amide bonds. The SMILES string of the molecule is NC(CC[S+]([O-])c1ccc(Br)cc1)C(=O)Nc1ccccc1. The second-order valence-corrected chi connectivity index (χ2v) is 7.24. The second-order valence-electron chi connectivity index (χ2n) is 4.75. The molecule has 0 aromatic heterocycles. The molecule has 2 aromatic carbocycles. The molecule has 4 nitrogen and oxygen atoms in total. The summed E-state index contributed by atoms with van der Waals surface area (Å²) in [6.45, 7) is 0. The van der Waals surface area contributed by atoms with Crippen LogP contribution in [0, 0.1) is 0 Å². The third kappa shape index (κ3) is 5.14. The highest BCUT2D eigenvalue weighted by molar-refractivity contribution is 9.10. The Labute approximate surface area is 141 Å². The smallest absolute Gasteiger partial charge is 0.241 e. The van der Waals surface area contributed by atoms with E-state index in [1.807, 2.05) is 30.3 Å². The number of hydrogen-bond acceptors (Lipinski definition) is 3. The Morgan fingerprint density at radius 2 is 1.82 bits per heavy atom. The molecule has 0 aliphatic rings. The molecular weight excluding hydrogens is 364 g/mol. The zero-order chi connectivity index (χ0) is 15.9. The van der Waals surface area contributed by atoms with Crippen molar-refractivity contribution >= 4 is 38.7 Å². The van der Waals surface area contributed by atoms with Crippen LogP contribution >= 0.6 is 15.9 Å². The van der Waals surface area contributed by atoms with Crippen molar-refractivity contribution in [1.29, 1.82) is 0 Å². The molecular formula is C16H17BrN2O2S. The first-order valence-electron chi connectivity index (χ1n) is 6.81. The molecule has 0 saturated carbocycles. The van der Waals surface area contributed by atoms with Crippen LogP contribution in [0.4, 0.5) is 5.69 Å². The Hall–Kier alpha value is -1.34. The van der Waals surface area contributed by atoms with Crippen molar-refractivity contribution in [3.63, 3.8) is 0 Å². The Kier molecular flexibility index (Phi) is 6.45. The predicted molar refractivity (Wildman–Crippen MR) is 93.1 cm³/mol. The summed E-state index contributed by atoms with van der Waals surface area (Å²) in [5.41, 5.74) is 6.57. The molecule has 3 N–H and O–H groups in total. The van der Waals surface area contributed by atoms with E-state index in [0.717, 1.165) is 9.37 Å². The van der Waals surface area contributed by atoms with E-state index in [1.54, 1.807) is 24.3 Å². The van der Waals surface area contributed by atoms with E-state index in [2.05, 4.69) is 21.2 Å². The molecule has 0 bridgehead atoms. The lowest BCUT2D eigenvalue weighted by Gasteiger charge is -2.14. The van der Waals surface area contributed by atoms with Gasteiger partial charge in [0.25, 0.3) is 0 Å². The van der Waals surface area contributed by atoms with Crippen LogP contribution in [0.2, 0.25) is 0 Å². The minimum Gasteiger partial charge on any atom is -0.611 e. The van der Waals surface area contributed by atoms with E-state index < -0.39 is 17.2 Å². The van der Waals surface area contributed by atoms with Crippen molar-refractivity contribution in [2.75, 3.05) is 11.1 Å². The molecule has 2 atom stereocenters. The highest BCUT2D eigenvalue weighted by atomic mass is 79.9. The number of amides is 1. The Morgan fingerprint density at radius 1 is 1.18 bits per heavy atom. The number of para-hydroxylation sites is 1. The normalized spacial score (nSPS) is 13.4. The number of anilines is 1. The maximum Gasteiger partial charge on any atom is 0.241 e. The second kappa shape index (κ2) is 8.33. The van der Waals surface area contributed by atoms with Crippen LogP contribution < -0.4 is 11.1 Å². The molecule has 0 aliphatic carbocycles. The van der Waals surface area contributed by atoms with Crippen LogP contribution in [0.3, 0.4) is 0 Å². The lowest BCUT2D eigenvalue weighted by Crippen LogP contribution is -2.37. The van der Waals surface area contributed by atoms with Gasteiger partial charge < -0.3 is 15.6 Å². The van der Waals surface area contributed by atoms with Crippen molar-refractivity contribution in [3.8, 4) is 0 Å². The van der Waals surface area contributed by atoms with Crippen molar-refractivity contribution in [1.82, 2.24) is 0 Å². The van der Waals surface area contributed by atoms with Gasteiger partial charge in [-0.2, -0.15) is 0 Å². The van der Waals surface area contributed by atoms with Gasteiger partial charge in [0.05, 0.1) is 6.04 Å². The summed E-state index contributed by atoms with van der Waals surface area (Å²) in [5.74, 6) is 0.0874. The number of carbonyl (C=O) groups is 1. The molecule has 6 heteroatoms. The van der Waals surface area contributed by atoms with Gasteiger partial charge in [0, 0.05) is 16.6 Å². The van der Waals surface area contributed by atoms with Gasteiger partial charge >= 0.3 is 0 Å². The first-order valence-corrected chi connectivity index (χ1v) is 8.93. The summed E-state index contributed by atoms with van der Waals surface area (Å²) in [6.07, 6.45) is 0.362. The van der Waals surface area contributed by atoms with Gasteiger partial charge in [-0.05, 0) is 47.6 Å². The van der Waals surface area contributed by atoms with E-state index in [9.17, 15) is 9.35 Å². The Bertz CT molecular complexity index is 607. The van der Waals surface area contributed by atoms with Crippen molar-refractivity contribution in [2.45, 2.75) is 17.4 Å². The quantitative estimate of drug-likeness (QED) is 0.756. The Balaban J connectivity index is 1.82. The minimum absolute atomic E-state index is 0.265. The number of carbonyl (C=O) groups excluding carboxylic acids is 1. The van der Waals surface area contributed by atoms with Gasteiger partial charge in [0.15, 0.2) is 4.90 Å². The van der Waals surface area contributed by atoms with Crippen molar-refractivity contribution in [3.05, 3.63) is 59.1 Å². The molecule has 0 saturated heterocycles. The van der Waals surface area contributed by atoms with Gasteiger partial charge in [-0.25, -0.2) is 0 Å². The predicted octanol–water partition coefficient (Wildman–Crippen LogP) is 2.91. The van der Waals surface area contributed by atoms with Crippen LogP contribution in [-0.2, 0) is 16.0 Å². The van der Waals surface area contributed by atoms with Crippen LogP contribution in [0.15, 0.2) is 64.0 Å². The summed E-state index contributed by atoms with van der Waals surface area (Å²) >= 11 is 2.18. The molecule has 0 heterocycles. The van der Waals surface area contributed by atoms with Gasteiger partial charge in [-0.15, -0.1) is 0 Å². The number of rotatable bonds is 6. The molecule has 2 rings (SSSR count). The molecule has 2 unspecified atom stereocenters. The summed E-state index contributed by atoms with van der Waals surface area (Å²) in [4.78, 5) is 12.7. The number of nitrogens with one attached hydrogen (secondary N) is 1. The topological polar surface area (TPSA) is 78.2 Å². The molecule has 0 fully saturated rings. The maximum atomic E-state index is 12.1. The van der Waals surface area contributed by atoms with E-state index >= 15 is 0 Å². The maximum absolute atomic E-state index is 12.1. The summed E-state index contributed by atoms with van der Waals surface area (Å²) < 4.78 is 13.1. The number of halogens is 1. The van der Waals surface area contributed by atoms with Gasteiger partial charge in [0.1, 0.15) is 5.75 Å². The van der Waals surface area contributed by atoms with E-state index in [4.69, 9.17) is 5.73 Å². The fraction of sp³-hybridized carbons (Fsp3) is 0.188. The van der Waals surface area contributed by atoms with Crippen LogP contribution in [0.25, 0.3) is 0 Å². The molecule has 0 aliphatic heterocycles. The van der Waals surface area contributed by atoms with Gasteiger partial charge in [0.2, 0.25) is 5.91 Å². The lowest BCUT2D eigenvalue weighted by atomic mass is 10.2. The number of nitrogens with two attached hydrogens (primary N) is 1. The fourth-order valence-electron chi connectivity index (χ4n) is 1.83. The highest BCUT2D eigenvalue weighted by Crippen LogP contribution is 2.17. The third-order valence-electron chi connectivity index (χ3n) is 3.07. The van der Waals surface area contributed by atoms with Crippen molar-refractivity contribution < 1.29 is 9.35 Å². The summed E-state index contributed by atoms with van der Waals surface area (Å²) in [7, 11) is 0. The van der Waals surface area contributed by atoms with E-state index in [1.165, 1.54) is 0 Å². The van der Waals surface area contributed by atoms with E-state index in [-0.39, 0.29) is 5.91 Å². The first kappa shape index (κ1) is 17.0. The van der Waals surface area contributed by atoms with Crippen LogP contribution in [-0.4, -0.2) is 22.3 Å². The minimum atomic E-state index is -1.16. The largest absolute Gasteiger partial charge is 0.611 e. The molecule has 116 valence electrons. The number of hydrogen-bond donors (Lipinski definition) is 2. The third-order valence-corrected chi connectivity index (χ3v) is 5.00. The van der Waals surface area contributed by atoms with Crippen LogP contribution in [0.1, 0.15) is 6.42 Å².